The molecular formula is C11H16O3. The maximum atomic E-state index is 10.8. The lowest BCUT2D eigenvalue weighted by Gasteiger charge is -2.37. The Morgan fingerprint density at radius 2 is 1.86 bits per heavy atom. The van der Waals surface area contributed by atoms with Crippen molar-refractivity contribution in [1.29, 1.82) is 0 Å². The van der Waals surface area contributed by atoms with Crippen molar-refractivity contribution >= 4 is 6.29 Å². The predicted molar refractivity (Wildman–Crippen MR) is 51.7 cm³/mol. The second-order valence-corrected chi connectivity index (χ2v) is 4.14. The maximum absolute atomic E-state index is 10.8. The van der Waals surface area contributed by atoms with Gasteiger partial charge in [-0.2, -0.15) is 0 Å². The van der Waals surface area contributed by atoms with Gasteiger partial charge in [0.15, 0.2) is 5.79 Å². The van der Waals surface area contributed by atoms with Crippen LogP contribution in [0.5, 0.6) is 0 Å². The van der Waals surface area contributed by atoms with Gasteiger partial charge in [0.25, 0.3) is 0 Å². The summed E-state index contributed by atoms with van der Waals surface area (Å²) in [7, 11) is 0. The van der Waals surface area contributed by atoms with E-state index in [1.807, 2.05) is 6.08 Å². The lowest BCUT2D eigenvalue weighted by atomic mass is 9.78. The number of aldehydes is 1. The summed E-state index contributed by atoms with van der Waals surface area (Å²) in [5.41, 5.74) is 0. The zero-order chi connectivity index (χ0) is 10.0. The third kappa shape index (κ3) is 1.74. The van der Waals surface area contributed by atoms with E-state index in [9.17, 15) is 4.79 Å². The molecule has 2 rings (SSSR count). The van der Waals surface area contributed by atoms with Crippen LogP contribution in [0.25, 0.3) is 0 Å². The average molecular weight is 196 g/mol. The van der Waals surface area contributed by atoms with Crippen LogP contribution in [-0.2, 0) is 14.3 Å². The number of hydrogen-bond donors (Lipinski definition) is 0. The first kappa shape index (κ1) is 9.87. The molecule has 2 unspecified atom stereocenters. The Bertz CT molecular complexity index is 213. The molecule has 1 aliphatic carbocycles. The number of allylic oxidation sites excluding steroid dienone is 1. The van der Waals surface area contributed by atoms with Crippen molar-refractivity contribution in [2.45, 2.75) is 25.0 Å². The summed E-state index contributed by atoms with van der Waals surface area (Å²) >= 11 is 0. The molecule has 1 saturated heterocycles. The number of rotatable bonds is 2. The van der Waals surface area contributed by atoms with Crippen LogP contribution in [0.1, 0.15) is 19.3 Å². The molecule has 1 saturated carbocycles. The highest BCUT2D eigenvalue weighted by Gasteiger charge is 2.44. The van der Waals surface area contributed by atoms with E-state index >= 15 is 0 Å². The summed E-state index contributed by atoms with van der Waals surface area (Å²) < 4.78 is 11.2. The summed E-state index contributed by atoms with van der Waals surface area (Å²) in [6.07, 6.45) is 5.37. The minimum Gasteiger partial charge on any atom is -0.347 e. The fourth-order valence-electron chi connectivity index (χ4n) is 2.45. The molecule has 0 aromatic carbocycles. The van der Waals surface area contributed by atoms with Crippen molar-refractivity contribution < 1.29 is 14.3 Å². The molecule has 0 N–H and O–H groups in total. The summed E-state index contributed by atoms with van der Waals surface area (Å²) in [5, 5.41) is 0. The van der Waals surface area contributed by atoms with Crippen LogP contribution >= 0.6 is 0 Å². The normalized spacial score (nSPS) is 35.7. The van der Waals surface area contributed by atoms with Crippen molar-refractivity contribution in [3.8, 4) is 0 Å². The van der Waals surface area contributed by atoms with Crippen LogP contribution in [-0.4, -0.2) is 25.3 Å². The number of hydrogen-bond acceptors (Lipinski definition) is 3. The van der Waals surface area contributed by atoms with Crippen LogP contribution in [0, 0.1) is 11.8 Å². The third-order valence-corrected chi connectivity index (χ3v) is 3.09. The number of ether oxygens (including phenoxy) is 2. The molecular weight excluding hydrogens is 180 g/mol. The van der Waals surface area contributed by atoms with Crippen LogP contribution in [0.4, 0.5) is 0 Å². The van der Waals surface area contributed by atoms with Gasteiger partial charge in [0.1, 0.15) is 6.29 Å². The van der Waals surface area contributed by atoms with Crippen molar-refractivity contribution in [2.75, 3.05) is 13.2 Å². The topological polar surface area (TPSA) is 35.5 Å². The SMILES string of the molecule is C=CC1CC(C=O)CC2(C1)OCCO2. The fraction of sp³-hybridized carbons (Fsp3) is 0.727. The molecule has 0 aromatic rings. The smallest absolute Gasteiger partial charge is 0.169 e. The highest BCUT2D eigenvalue weighted by atomic mass is 16.7. The summed E-state index contributed by atoms with van der Waals surface area (Å²) in [6.45, 7) is 5.08. The molecule has 1 heterocycles. The van der Waals surface area contributed by atoms with Crippen molar-refractivity contribution in [1.82, 2.24) is 0 Å². The van der Waals surface area contributed by atoms with E-state index in [0.717, 1.165) is 19.1 Å². The Hall–Kier alpha value is -0.670. The van der Waals surface area contributed by atoms with Crippen molar-refractivity contribution in [3.05, 3.63) is 12.7 Å². The fourth-order valence-corrected chi connectivity index (χ4v) is 2.45. The first-order valence-corrected chi connectivity index (χ1v) is 5.14. The lowest BCUT2D eigenvalue weighted by Crippen LogP contribution is -2.40. The predicted octanol–water partition coefficient (Wildman–Crippen LogP) is 1.53. The summed E-state index contributed by atoms with van der Waals surface area (Å²) in [4.78, 5) is 10.8. The molecule has 78 valence electrons. The van der Waals surface area contributed by atoms with Gasteiger partial charge < -0.3 is 14.3 Å². The highest BCUT2D eigenvalue weighted by Crippen LogP contribution is 2.41. The van der Waals surface area contributed by atoms with Gasteiger partial charge in [0, 0.05) is 18.8 Å². The van der Waals surface area contributed by atoms with Gasteiger partial charge in [0.05, 0.1) is 13.2 Å². The van der Waals surface area contributed by atoms with Crippen LogP contribution in [0.3, 0.4) is 0 Å². The Balaban J connectivity index is 2.10. The monoisotopic (exact) mass is 196 g/mol. The quantitative estimate of drug-likeness (QED) is 0.496. The van der Waals surface area contributed by atoms with E-state index in [-0.39, 0.29) is 5.92 Å². The Morgan fingerprint density at radius 3 is 2.43 bits per heavy atom. The molecule has 1 aliphatic heterocycles. The second kappa shape index (κ2) is 3.83. The molecule has 2 aliphatic rings. The van der Waals surface area contributed by atoms with Crippen LogP contribution in [0.2, 0.25) is 0 Å². The van der Waals surface area contributed by atoms with Gasteiger partial charge >= 0.3 is 0 Å². The molecule has 0 aromatic heterocycles. The Kier molecular flexibility index (Phi) is 2.70. The molecule has 0 radical (unpaired) electrons. The van der Waals surface area contributed by atoms with E-state index in [0.29, 0.717) is 25.6 Å². The van der Waals surface area contributed by atoms with E-state index in [1.165, 1.54) is 0 Å². The summed E-state index contributed by atoms with van der Waals surface area (Å²) in [6, 6.07) is 0. The minimum atomic E-state index is -0.483. The van der Waals surface area contributed by atoms with Crippen LogP contribution in [0.15, 0.2) is 12.7 Å². The molecule has 0 bridgehead atoms. The standard InChI is InChI=1S/C11H16O3/c1-2-9-5-10(8-12)7-11(6-9)13-3-4-14-11/h2,8-10H,1,3-7H2. The molecule has 2 atom stereocenters. The molecule has 14 heavy (non-hydrogen) atoms. The zero-order valence-electron chi connectivity index (χ0n) is 8.28. The van der Waals surface area contributed by atoms with E-state index in [4.69, 9.17) is 9.47 Å². The Labute approximate surface area is 84.1 Å². The third-order valence-electron chi connectivity index (χ3n) is 3.09. The van der Waals surface area contributed by atoms with Gasteiger partial charge in [-0.1, -0.05) is 6.08 Å². The second-order valence-electron chi connectivity index (χ2n) is 4.14. The van der Waals surface area contributed by atoms with Gasteiger partial charge in [-0.25, -0.2) is 0 Å². The number of carbonyl (C=O) groups excluding carboxylic acids is 1. The van der Waals surface area contributed by atoms with Crippen LogP contribution < -0.4 is 0 Å². The molecule has 0 amide bonds. The molecule has 1 spiro atoms. The van der Waals surface area contributed by atoms with Crippen molar-refractivity contribution in [3.63, 3.8) is 0 Å². The largest absolute Gasteiger partial charge is 0.347 e. The molecule has 3 heteroatoms. The van der Waals surface area contributed by atoms with Gasteiger partial charge in [-0.15, -0.1) is 6.58 Å². The molecule has 3 nitrogen and oxygen atoms in total. The van der Waals surface area contributed by atoms with Gasteiger partial charge in [-0.05, 0) is 12.3 Å². The molecule has 2 fully saturated rings. The Morgan fingerprint density at radius 1 is 1.21 bits per heavy atom. The van der Waals surface area contributed by atoms with E-state index < -0.39 is 5.79 Å². The lowest BCUT2D eigenvalue weighted by molar-refractivity contribution is -0.193. The van der Waals surface area contributed by atoms with E-state index in [1.54, 1.807) is 0 Å². The maximum Gasteiger partial charge on any atom is 0.169 e. The van der Waals surface area contributed by atoms with Crippen molar-refractivity contribution in [2.24, 2.45) is 11.8 Å². The first-order chi connectivity index (χ1) is 6.78. The first-order valence-electron chi connectivity index (χ1n) is 5.14. The zero-order valence-corrected chi connectivity index (χ0v) is 8.28. The van der Waals surface area contributed by atoms with E-state index in [2.05, 4.69) is 6.58 Å². The minimum absolute atomic E-state index is 0.0600. The summed E-state index contributed by atoms with van der Waals surface area (Å²) in [5.74, 6) is -0.0789. The van der Waals surface area contributed by atoms with Gasteiger partial charge in [-0.3, -0.25) is 0 Å². The number of carbonyl (C=O) groups is 1. The average Bonchev–Trinajstić information content (AvgIpc) is 2.65. The van der Waals surface area contributed by atoms with Gasteiger partial charge in [0.2, 0.25) is 0 Å². The highest BCUT2D eigenvalue weighted by molar-refractivity contribution is 5.54.